The Kier molecular flexibility index (Phi) is 6.16. The van der Waals surface area contributed by atoms with Crippen LogP contribution < -0.4 is 10.1 Å². The average Bonchev–Trinajstić information content (AvgIpc) is 2.43. The number of carboxylic acid groups (broad SMARTS) is 1. The van der Waals surface area contributed by atoms with Crippen LogP contribution in [-0.4, -0.2) is 40.3 Å². The van der Waals surface area contributed by atoms with Crippen molar-refractivity contribution in [2.75, 3.05) is 6.61 Å². The molecular weight excluding hydrogens is 329 g/mol. The summed E-state index contributed by atoms with van der Waals surface area (Å²) in [7, 11) is 0. The number of rotatable bonds is 7. The van der Waals surface area contributed by atoms with Crippen LogP contribution in [0.15, 0.2) is 18.3 Å². The first kappa shape index (κ1) is 19.7. The van der Waals surface area contributed by atoms with Gasteiger partial charge in [0.25, 0.3) is 5.91 Å². The molecule has 1 amide bonds. The molecule has 0 saturated carbocycles. The second kappa shape index (κ2) is 7.50. The van der Waals surface area contributed by atoms with E-state index in [-0.39, 0.29) is 23.8 Å². The Hall–Kier alpha value is -2.32. The van der Waals surface area contributed by atoms with Gasteiger partial charge in [-0.05, 0) is 18.9 Å². The number of nitrogens with zero attached hydrogens (tertiary/aromatic N) is 1. The summed E-state index contributed by atoms with van der Waals surface area (Å²) in [5, 5.41) is 11.6. The number of halogens is 3. The van der Waals surface area contributed by atoms with E-state index < -0.39 is 30.2 Å². The minimum Gasteiger partial charge on any atom is -0.481 e. The maximum absolute atomic E-state index is 12.2. The first-order valence-corrected chi connectivity index (χ1v) is 7.13. The summed E-state index contributed by atoms with van der Waals surface area (Å²) in [6.07, 6.45) is -3.67. The van der Waals surface area contributed by atoms with Gasteiger partial charge in [-0.1, -0.05) is 13.8 Å². The molecule has 0 aliphatic rings. The van der Waals surface area contributed by atoms with Crippen molar-refractivity contribution in [3.8, 4) is 5.88 Å². The van der Waals surface area contributed by atoms with Crippen molar-refractivity contribution in [1.29, 1.82) is 0 Å². The number of ether oxygens (including phenoxy) is 1. The van der Waals surface area contributed by atoms with E-state index in [0.717, 1.165) is 12.3 Å². The maximum Gasteiger partial charge on any atom is 0.422 e. The number of aliphatic carboxylic acids is 1. The fourth-order valence-electron chi connectivity index (χ4n) is 1.79. The molecule has 134 valence electrons. The summed E-state index contributed by atoms with van der Waals surface area (Å²) in [5.41, 5.74) is -0.888. The topological polar surface area (TPSA) is 88.5 Å². The predicted octanol–water partition coefficient (Wildman–Crippen LogP) is 2.64. The second-order valence-electron chi connectivity index (χ2n) is 5.89. The SMILES string of the molecule is CC(C)C(C)(CC(=O)O)NC(=O)c1ccc(OCC(F)(F)F)nc1. The molecule has 1 atom stereocenters. The third-order valence-corrected chi connectivity index (χ3v) is 3.57. The molecule has 9 heteroatoms. The van der Waals surface area contributed by atoms with Crippen molar-refractivity contribution in [1.82, 2.24) is 10.3 Å². The Morgan fingerprint density at radius 1 is 1.33 bits per heavy atom. The zero-order valence-electron chi connectivity index (χ0n) is 13.5. The lowest BCUT2D eigenvalue weighted by atomic mass is 9.85. The largest absolute Gasteiger partial charge is 0.481 e. The Labute approximate surface area is 137 Å². The third-order valence-electron chi connectivity index (χ3n) is 3.57. The number of hydrogen-bond acceptors (Lipinski definition) is 4. The molecule has 2 N–H and O–H groups in total. The van der Waals surface area contributed by atoms with E-state index in [0.29, 0.717) is 0 Å². The van der Waals surface area contributed by atoms with E-state index >= 15 is 0 Å². The van der Waals surface area contributed by atoms with E-state index in [9.17, 15) is 22.8 Å². The van der Waals surface area contributed by atoms with Crippen LogP contribution in [-0.2, 0) is 4.79 Å². The van der Waals surface area contributed by atoms with Gasteiger partial charge in [0.2, 0.25) is 5.88 Å². The highest BCUT2D eigenvalue weighted by Gasteiger charge is 2.33. The maximum atomic E-state index is 12.2. The van der Waals surface area contributed by atoms with Crippen molar-refractivity contribution in [3.05, 3.63) is 23.9 Å². The highest BCUT2D eigenvalue weighted by atomic mass is 19.4. The van der Waals surface area contributed by atoms with Crippen molar-refractivity contribution in [3.63, 3.8) is 0 Å². The van der Waals surface area contributed by atoms with Crippen LogP contribution in [0.4, 0.5) is 13.2 Å². The lowest BCUT2D eigenvalue weighted by molar-refractivity contribution is -0.154. The van der Waals surface area contributed by atoms with Crippen molar-refractivity contribution in [2.24, 2.45) is 5.92 Å². The Balaban J connectivity index is 2.79. The zero-order valence-corrected chi connectivity index (χ0v) is 13.5. The minimum absolute atomic E-state index is 0.0895. The lowest BCUT2D eigenvalue weighted by Crippen LogP contribution is -2.51. The quantitative estimate of drug-likeness (QED) is 0.791. The molecular formula is C15H19F3N2O4. The molecule has 1 unspecified atom stereocenters. The second-order valence-corrected chi connectivity index (χ2v) is 5.89. The van der Waals surface area contributed by atoms with Crippen LogP contribution in [0.25, 0.3) is 0 Å². The third kappa shape index (κ3) is 6.05. The lowest BCUT2D eigenvalue weighted by Gasteiger charge is -2.33. The molecule has 24 heavy (non-hydrogen) atoms. The summed E-state index contributed by atoms with van der Waals surface area (Å²) < 4.78 is 40.6. The van der Waals surface area contributed by atoms with E-state index in [2.05, 4.69) is 15.0 Å². The van der Waals surface area contributed by atoms with Crippen LogP contribution in [0.2, 0.25) is 0 Å². The number of alkyl halides is 3. The van der Waals surface area contributed by atoms with Gasteiger partial charge in [0.1, 0.15) is 0 Å². The molecule has 0 aliphatic carbocycles. The summed E-state index contributed by atoms with van der Waals surface area (Å²) in [4.78, 5) is 26.8. The molecule has 1 aromatic rings. The van der Waals surface area contributed by atoms with Crippen molar-refractivity contribution < 1.29 is 32.6 Å². The molecule has 0 aromatic carbocycles. The van der Waals surface area contributed by atoms with Gasteiger partial charge < -0.3 is 15.2 Å². The summed E-state index contributed by atoms with van der Waals surface area (Å²) in [6.45, 7) is 3.68. The predicted molar refractivity (Wildman–Crippen MR) is 78.7 cm³/mol. The highest BCUT2D eigenvalue weighted by Crippen LogP contribution is 2.22. The number of pyridine rings is 1. The standard InChI is InChI=1S/C15H19F3N2O4/c1-9(2)14(3,6-12(21)22)20-13(23)10-4-5-11(19-7-10)24-8-15(16,17)18/h4-5,7,9H,6,8H2,1-3H3,(H,20,23)(H,21,22). The van der Waals surface area contributed by atoms with E-state index in [1.807, 2.05) is 0 Å². The number of carbonyl (C=O) groups is 2. The van der Waals surface area contributed by atoms with Gasteiger partial charge in [-0.25, -0.2) is 4.98 Å². The first-order valence-electron chi connectivity index (χ1n) is 7.13. The molecule has 0 saturated heterocycles. The van der Waals surface area contributed by atoms with Gasteiger partial charge >= 0.3 is 12.1 Å². The molecule has 0 fully saturated rings. The number of aromatic nitrogens is 1. The van der Waals surface area contributed by atoms with Gasteiger partial charge in [-0.3, -0.25) is 9.59 Å². The molecule has 0 bridgehead atoms. The van der Waals surface area contributed by atoms with E-state index in [4.69, 9.17) is 5.11 Å². The number of carboxylic acids is 1. The molecule has 1 aromatic heterocycles. The summed E-state index contributed by atoms with van der Waals surface area (Å²) in [5.74, 6) is -2.04. The Morgan fingerprint density at radius 3 is 2.38 bits per heavy atom. The van der Waals surface area contributed by atoms with Crippen LogP contribution in [0.3, 0.4) is 0 Å². The van der Waals surface area contributed by atoms with Crippen LogP contribution in [0, 0.1) is 5.92 Å². The molecule has 6 nitrogen and oxygen atoms in total. The van der Waals surface area contributed by atoms with Crippen molar-refractivity contribution >= 4 is 11.9 Å². The number of nitrogens with one attached hydrogen (secondary N) is 1. The van der Waals surface area contributed by atoms with Crippen LogP contribution >= 0.6 is 0 Å². The number of carbonyl (C=O) groups excluding carboxylic acids is 1. The van der Waals surface area contributed by atoms with E-state index in [1.165, 1.54) is 6.07 Å². The normalized spacial score (nSPS) is 14.1. The van der Waals surface area contributed by atoms with Crippen molar-refractivity contribution in [2.45, 2.75) is 38.9 Å². The molecule has 0 spiro atoms. The molecule has 0 aliphatic heterocycles. The molecule has 0 radical (unpaired) electrons. The Morgan fingerprint density at radius 2 is 1.96 bits per heavy atom. The van der Waals surface area contributed by atoms with Crippen LogP contribution in [0.5, 0.6) is 5.88 Å². The number of amides is 1. The van der Waals surface area contributed by atoms with Gasteiger partial charge in [0.05, 0.1) is 17.5 Å². The molecule has 1 rings (SSSR count). The fraction of sp³-hybridized carbons (Fsp3) is 0.533. The summed E-state index contributed by atoms with van der Waals surface area (Å²) in [6, 6.07) is 2.40. The Bertz CT molecular complexity index is 587. The fourth-order valence-corrected chi connectivity index (χ4v) is 1.79. The minimum atomic E-state index is -4.48. The van der Waals surface area contributed by atoms with Gasteiger partial charge in [-0.15, -0.1) is 0 Å². The average molecular weight is 348 g/mol. The van der Waals surface area contributed by atoms with Gasteiger partial charge in [0, 0.05) is 12.3 Å². The van der Waals surface area contributed by atoms with Crippen LogP contribution in [0.1, 0.15) is 37.6 Å². The summed E-state index contributed by atoms with van der Waals surface area (Å²) >= 11 is 0. The van der Waals surface area contributed by atoms with Gasteiger partial charge in [-0.2, -0.15) is 13.2 Å². The molecule has 1 heterocycles. The first-order chi connectivity index (χ1) is 10.9. The monoisotopic (exact) mass is 348 g/mol. The smallest absolute Gasteiger partial charge is 0.422 e. The highest BCUT2D eigenvalue weighted by molar-refractivity contribution is 5.94. The number of hydrogen-bond donors (Lipinski definition) is 2. The zero-order chi connectivity index (χ0) is 18.5. The van der Waals surface area contributed by atoms with Gasteiger partial charge in [0.15, 0.2) is 6.61 Å². The van der Waals surface area contributed by atoms with E-state index in [1.54, 1.807) is 20.8 Å².